The minimum absolute atomic E-state index is 0.0206. The van der Waals surface area contributed by atoms with Gasteiger partial charge in [-0.25, -0.2) is 0 Å². The minimum Gasteiger partial charge on any atom is -0.496 e. The standard InChI is InChI=1S/C15H25NO/c1-10(2)14(16)12-9-11(15(3,4)5)7-8-13(12)17-6/h7-10,14H,16H2,1-6H3. The predicted octanol–water partition coefficient (Wildman–Crippen LogP) is 3.65. The van der Waals surface area contributed by atoms with Gasteiger partial charge in [-0.15, -0.1) is 0 Å². The highest BCUT2D eigenvalue weighted by Gasteiger charge is 2.20. The SMILES string of the molecule is COc1ccc(C(C)(C)C)cc1C(N)C(C)C. The van der Waals surface area contributed by atoms with E-state index in [0.29, 0.717) is 5.92 Å². The van der Waals surface area contributed by atoms with Crippen molar-refractivity contribution < 1.29 is 4.74 Å². The zero-order chi connectivity index (χ0) is 13.2. The van der Waals surface area contributed by atoms with Crippen LogP contribution in [-0.2, 0) is 5.41 Å². The summed E-state index contributed by atoms with van der Waals surface area (Å²) in [5, 5.41) is 0. The average molecular weight is 235 g/mol. The topological polar surface area (TPSA) is 35.2 Å². The first-order valence-corrected chi connectivity index (χ1v) is 6.21. The van der Waals surface area contributed by atoms with Crippen molar-refractivity contribution in [3.05, 3.63) is 29.3 Å². The second-order valence-electron chi connectivity index (χ2n) is 5.98. The lowest BCUT2D eigenvalue weighted by Gasteiger charge is -2.24. The van der Waals surface area contributed by atoms with Crippen LogP contribution < -0.4 is 10.5 Å². The Balaban J connectivity index is 3.25. The van der Waals surface area contributed by atoms with Gasteiger partial charge in [-0.2, -0.15) is 0 Å². The number of hydrogen-bond donors (Lipinski definition) is 1. The van der Waals surface area contributed by atoms with Gasteiger partial charge in [0.05, 0.1) is 7.11 Å². The first-order valence-electron chi connectivity index (χ1n) is 6.21. The molecule has 2 nitrogen and oxygen atoms in total. The highest BCUT2D eigenvalue weighted by molar-refractivity contribution is 5.41. The van der Waals surface area contributed by atoms with Crippen LogP contribution in [0.25, 0.3) is 0 Å². The van der Waals surface area contributed by atoms with Crippen LogP contribution in [0.4, 0.5) is 0 Å². The number of benzene rings is 1. The molecule has 0 spiro atoms. The Morgan fingerprint density at radius 3 is 2.18 bits per heavy atom. The molecule has 0 saturated heterocycles. The van der Waals surface area contributed by atoms with Gasteiger partial charge >= 0.3 is 0 Å². The maximum absolute atomic E-state index is 6.25. The zero-order valence-corrected chi connectivity index (χ0v) is 11.9. The van der Waals surface area contributed by atoms with E-state index in [1.54, 1.807) is 7.11 Å². The second-order valence-corrected chi connectivity index (χ2v) is 5.98. The monoisotopic (exact) mass is 235 g/mol. The quantitative estimate of drug-likeness (QED) is 0.868. The number of hydrogen-bond acceptors (Lipinski definition) is 2. The molecule has 0 amide bonds. The summed E-state index contributed by atoms with van der Waals surface area (Å²) in [4.78, 5) is 0. The third kappa shape index (κ3) is 3.22. The van der Waals surface area contributed by atoms with Crippen LogP contribution in [0.3, 0.4) is 0 Å². The van der Waals surface area contributed by atoms with E-state index in [-0.39, 0.29) is 11.5 Å². The summed E-state index contributed by atoms with van der Waals surface area (Å²) in [6.45, 7) is 10.9. The van der Waals surface area contributed by atoms with Crippen LogP contribution in [0, 0.1) is 5.92 Å². The second kappa shape index (κ2) is 5.09. The molecule has 0 aliphatic rings. The van der Waals surface area contributed by atoms with Gasteiger partial charge in [0.25, 0.3) is 0 Å². The Kier molecular flexibility index (Phi) is 4.21. The molecule has 0 saturated carbocycles. The van der Waals surface area contributed by atoms with Crippen molar-refractivity contribution in [3.63, 3.8) is 0 Å². The van der Waals surface area contributed by atoms with Crippen LogP contribution in [0.5, 0.6) is 5.75 Å². The third-order valence-corrected chi connectivity index (χ3v) is 3.17. The van der Waals surface area contributed by atoms with Crippen molar-refractivity contribution in [1.82, 2.24) is 0 Å². The van der Waals surface area contributed by atoms with Crippen molar-refractivity contribution in [1.29, 1.82) is 0 Å². The van der Waals surface area contributed by atoms with E-state index >= 15 is 0 Å². The summed E-state index contributed by atoms with van der Waals surface area (Å²) in [5.41, 5.74) is 8.79. The highest BCUT2D eigenvalue weighted by atomic mass is 16.5. The number of rotatable bonds is 3. The molecule has 2 N–H and O–H groups in total. The fraction of sp³-hybridized carbons (Fsp3) is 0.600. The normalized spacial score (nSPS) is 13.9. The fourth-order valence-electron chi connectivity index (χ4n) is 1.82. The maximum Gasteiger partial charge on any atom is 0.123 e. The molecule has 1 rings (SSSR count). The molecular formula is C15H25NO. The number of ether oxygens (including phenoxy) is 1. The molecule has 1 atom stereocenters. The lowest BCUT2D eigenvalue weighted by Crippen LogP contribution is -2.19. The third-order valence-electron chi connectivity index (χ3n) is 3.17. The smallest absolute Gasteiger partial charge is 0.123 e. The Labute approximate surface area is 105 Å². The zero-order valence-electron chi connectivity index (χ0n) is 11.9. The highest BCUT2D eigenvalue weighted by Crippen LogP contribution is 2.33. The van der Waals surface area contributed by atoms with Crippen molar-refractivity contribution in [2.24, 2.45) is 11.7 Å². The maximum atomic E-state index is 6.25. The number of methoxy groups -OCH3 is 1. The van der Waals surface area contributed by atoms with Crippen molar-refractivity contribution in [2.45, 2.75) is 46.1 Å². The largest absolute Gasteiger partial charge is 0.496 e. The van der Waals surface area contributed by atoms with Crippen molar-refractivity contribution in [2.75, 3.05) is 7.11 Å². The summed E-state index contributed by atoms with van der Waals surface area (Å²) in [6.07, 6.45) is 0. The molecule has 1 unspecified atom stereocenters. The molecule has 1 aromatic rings. The van der Waals surface area contributed by atoms with Gasteiger partial charge < -0.3 is 10.5 Å². The van der Waals surface area contributed by atoms with E-state index in [0.717, 1.165) is 11.3 Å². The summed E-state index contributed by atoms with van der Waals surface area (Å²) in [6, 6.07) is 6.35. The van der Waals surface area contributed by atoms with Gasteiger partial charge in [0.1, 0.15) is 5.75 Å². The van der Waals surface area contributed by atoms with Gasteiger partial charge in [0.15, 0.2) is 0 Å². The van der Waals surface area contributed by atoms with E-state index in [1.807, 2.05) is 6.07 Å². The lowest BCUT2D eigenvalue weighted by atomic mass is 9.84. The Bertz CT molecular complexity index is 377. The molecule has 17 heavy (non-hydrogen) atoms. The molecule has 1 aromatic carbocycles. The van der Waals surface area contributed by atoms with Crippen LogP contribution in [0.15, 0.2) is 18.2 Å². The van der Waals surface area contributed by atoms with Gasteiger partial charge in [-0.1, -0.05) is 40.7 Å². The van der Waals surface area contributed by atoms with Gasteiger partial charge in [0, 0.05) is 11.6 Å². The van der Waals surface area contributed by atoms with Gasteiger partial charge in [0.2, 0.25) is 0 Å². The molecule has 0 bridgehead atoms. The molecular weight excluding hydrogens is 210 g/mol. The minimum atomic E-state index is 0.0206. The van der Waals surface area contributed by atoms with Crippen LogP contribution in [0.2, 0.25) is 0 Å². The molecule has 96 valence electrons. The lowest BCUT2D eigenvalue weighted by molar-refractivity contribution is 0.395. The first kappa shape index (κ1) is 14.0. The summed E-state index contributed by atoms with van der Waals surface area (Å²) >= 11 is 0. The van der Waals surface area contributed by atoms with E-state index in [1.165, 1.54) is 5.56 Å². The predicted molar refractivity (Wildman–Crippen MR) is 73.5 cm³/mol. The Morgan fingerprint density at radius 2 is 1.76 bits per heavy atom. The van der Waals surface area contributed by atoms with Crippen LogP contribution >= 0.6 is 0 Å². The summed E-state index contributed by atoms with van der Waals surface area (Å²) in [5.74, 6) is 1.29. The molecule has 0 aromatic heterocycles. The van der Waals surface area contributed by atoms with Crippen molar-refractivity contribution in [3.8, 4) is 5.75 Å². The van der Waals surface area contributed by atoms with E-state index in [4.69, 9.17) is 10.5 Å². The molecule has 0 fully saturated rings. The van der Waals surface area contributed by atoms with Crippen LogP contribution in [0.1, 0.15) is 51.8 Å². The first-order chi connectivity index (χ1) is 7.77. The van der Waals surface area contributed by atoms with E-state index < -0.39 is 0 Å². The summed E-state index contributed by atoms with van der Waals surface area (Å²) < 4.78 is 5.40. The van der Waals surface area contributed by atoms with Crippen LogP contribution in [-0.4, -0.2) is 7.11 Å². The summed E-state index contributed by atoms with van der Waals surface area (Å²) in [7, 11) is 1.70. The Morgan fingerprint density at radius 1 is 1.18 bits per heavy atom. The van der Waals surface area contributed by atoms with Gasteiger partial charge in [-0.3, -0.25) is 0 Å². The van der Waals surface area contributed by atoms with E-state index in [2.05, 4.69) is 46.8 Å². The van der Waals surface area contributed by atoms with Gasteiger partial charge in [-0.05, 0) is 29.0 Å². The molecule has 0 aliphatic heterocycles. The molecule has 2 heteroatoms. The van der Waals surface area contributed by atoms with E-state index in [9.17, 15) is 0 Å². The average Bonchev–Trinajstić information content (AvgIpc) is 2.25. The molecule has 0 aliphatic carbocycles. The number of nitrogens with two attached hydrogens (primary N) is 1. The van der Waals surface area contributed by atoms with Crippen molar-refractivity contribution >= 4 is 0 Å². The molecule has 0 heterocycles. The molecule has 0 radical (unpaired) electrons. The fourth-order valence-corrected chi connectivity index (χ4v) is 1.82. The Hall–Kier alpha value is -1.02.